The van der Waals surface area contributed by atoms with Gasteiger partial charge in [-0.1, -0.05) is 39.2 Å². The summed E-state index contributed by atoms with van der Waals surface area (Å²) in [6.45, 7) is 7.33. The highest BCUT2D eigenvalue weighted by Gasteiger charge is 2.32. The van der Waals surface area contributed by atoms with Crippen LogP contribution in [0, 0.1) is 11.8 Å². The van der Waals surface area contributed by atoms with Crippen molar-refractivity contribution in [1.82, 2.24) is 0 Å². The monoisotopic (exact) mass is 315 g/mol. The van der Waals surface area contributed by atoms with Gasteiger partial charge in [-0.05, 0) is 45.4 Å². The first-order valence-electron chi connectivity index (χ1n) is 9.04. The van der Waals surface area contributed by atoms with Crippen molar-refractivity contribution >= 4 is 17.3 Å². The van der Waals surface area contributed by atoms with Crippen molar-refractivity contribution in [3.63, 3.8) is 0 Å². The minimum atomic E-state index is 0.0504. The number of carbonyl (C=O) groups excluding carboxylic acids is 2. The molecule has 0 bridgehead atoms. The molecule has 0 radical (unpaired) electrons. The van der Waals surface area contributed by atoms with E-state index in [9.17, 15) is 9.59 Å². The molecule has 1 fully saturated rings. The second-order valence-corrected chi connectivity index (χ2v) is 6.74. The van der Waals surface area contributed by atoms with Crippen LogP contribution in [0.15, 0.2) is 27.9 Å². The molecule has 0 aromatic heterocycles. The molecule has 23 heavy (non-hydrogen) atoms. The summed E-state index contributed by atoms with van der Waals surface area (Å²) in [5.41, 5.74) is 3.30. The lowest BCUT2D eigenvalue weighted by Crippen LogP contribution is -2.23. The zero-order valence-corrected chi connectivity index (χ0v) is 14.9. The molecule has 126 valence electrons. The van der Waals surface area contributed by atoms with E-state index in [4.69, 9.17) is 4.99 Å². The number of ketones is 2. The van der Waals surface area contributed by atoms with Gasteiger partial charge in [-0.2, -0.15) is 0 Å². The molecule has 0 aromatic rings. The van der Waals surface area contributed by atoms with Crippen molar-refractivity contribution in [2.75, 3.05) is 0 Å². The van der Waals surface area contributed by atoms with Gasteiger partial charge >= 0.3 is 0 Å². The molecule has 3 heteroatoms. The fourth-order valence-electron chi connectivity index (χ4n) is 4.00. The highest BCUT2D eigenvalue weighted by molar-refractivity contribution is 6.22. The normalized spacial score (nSPS) is 23.2. The Bertz CT molecular complexity index is 574. The summed E-state index contributed by atoms with van der Waals surface area (Å²) in [4.78, 5) is 29.3. The van der Waals surface area contributed by atoms with Crippen molar-refractivity contribution in [2.24, 2.45) is 16.8 Å². The van der Waals surface area contributed by atoms with E-state index in [1.54, 1.807) is 13.8 Å². The summed E-state index contributed by atoms with van der Waals surface area (Å²) in [5, 5.41) is 0. The van der Waals surface area contributed by atoms with Crippen LogP contribution >= 0.6 is 0 Å². The molecule has 1 saturated carbocycles. The smallest absolute Gasteiger partial charge is 0.161 e. The fraction of sp³-hybridized carbons (Fsp3) is 0.650. The van der Waals surface area contributed by atoms with E-state index in [2.05, 4.69) is 6.08 Å². The van der Waals surface area contributed by atoms with Gasteiger partial charge in [0.15, 0.2) is 11.6 Å². The van der Waals surface area contributed by atoms with Crippen LogP contribution in [0.1, 0.15) is 72.6 Å². The first-order chi connectivity index (χ1) is 11.0. The minimum Gasteiger partial charge on any atom is -0.295 e. The standard InChI is InChI=1S/C20H29NO2/c1-5-18-16(13(3)22)12-17(15-10-8-7-9-11-15)20(14(4)23)19(6-2)21-18/h12,15,17H,5-11H2,1-4H3. The van der Waals surface area contributed by atoms with Crippen LogP contribution in [0.5, 0.6) is 0 Å². The second kappa shape index (κ2) is 7.85. The van der Waals surface area contributed by atoms with E-state index >= 15 is 0 Å². The third-order valence-corrected chi connectivity index (χ3v) is 5.16. The number of carbonyl (C=O) groups is 2. The van der Waals surface area contributed by atoms with Crippen molar-refractivity contribution < 1.29 is 9.59 Å². The molecule has 2 aliphatic rings. The van der Waals surface area contributed by atoms with Crippen molar-refractivity contribution in [1.29, 1.82) is 0 Å². The molecule has 1 aliphatic heterocycles. The number of hydrogen-bond donors (Lipinski definition) is 0. The summed E-state index contributed by atoms with van der Waals surface area (Å²) >= 11 is 0. The van der Waals surface area contributed by atoms with Crippen LogP contribution in [-0.4, -0.2) is 17.3 Å². The molecule has 0 amide bonds. The number of nitrogens with zero attached hydrogens (tertiary/aromatic N) is 1. The average Bonchev–Trinajstić information content (AvgIpc) is 2.72. The Labute approximate surface area is 140 Å². The van der Waals surface area contributed by atoms with Gasteiger partial charge in [0.2, 0.25) is 0 Å². The van der Waals surface area contributed by atoms with E-state index in [-0.39, 0.29) is 17.5 Å². The van der Waals surface area contributed by atoms with Crippen LogP contribution in [-0.2, 0) is 9.59 Å². The Morgan fingerprint density at radius 3 is 2.17 bits per heavy atom. The lowest BCUT2D eigenvalue weighted by molar-refractivity contribution is -0.115. The summed E-state index contributed by atoms with van der Waals surface area (Å²) in [6.07, 6.45) is 9.53. The highest BCUT2D eigenvalue weighted by atomic mass is 16.1. The molecule has 0 aromatic carbocycles. The fourth-order valence-corrected chi connectivity index (χ4v) is 4.00. The third kappa shape index (κ3) is 3.88. The van der Waals surface area contributed by atoms with Gasteiger partial charge in [0, 0.05) is 22.8 Å². The van der Waals surface area contributed by atoms with Crippen LogP contribution in [0.25, 0.3) is 0 Å². The van der Waals surface area contributed by atoms with Gasteiger partial charge < -0.3 is 0 Å². The van der Waals surface area contributed by atoms with E-state index in [0.29, 0.717) is 5.92 Å². The van der Waals surface area contributed by atoms with Gasteiger partial charge in [-0.3, -0.25) is 14.6 Å². The molecule has 3 nitrogen and oxygen atoms in total. The van der Waals surface area contributed by atoms with E-state index in [0.717, 1.165) is 48.2 Å². The Kier molecular flexibility index (Phi) is 6.09. The van der Waals surface area contributed by atoms with Gasteiger partial charge in [-0.25, -0.2) is 0 Å². The SMILES string of the molecule is CCC1=NC(CC)=C(C(C)=O)C(C2CCCCC2)C=C1C(C)=O. The molecule has 2 rings (SSSR count). The Balaban J connectivity index is 2.59. The van der Waals surface area contributed by atoms with Gasteiger partial charge in [0.05, 0.1) is 5.71 Å². The zero-order valence-electron chi connectivity index (χ0n) is 14.9. The maximum Gasteiger partial charge on any atom is 0.161 e. The number of aliphatic imine (C=N–C) groups is 1. The number of Topliss-reactive ketones (excluding diaryl/α,β-unsaturated/α-hetero) is 2. The van der Waals surface area contributed by atoms with Crippen molar-refractivity contribution in [2.45, 2.75) is 72.6 Å². The van der Waals surface area contributed by atoms with Crippen LogP contribution in [0.4, 0.5) is 0 Å². The molecule has 0 N–H and O–H groups in total. The molecule has 1 heterocycles. The molecule has 0 spiro atoms. The number of hydrogen-bond acceptors (Lipinski definition) is 3. The highest BCUT2D eigenvalue weighted by Crippen LogP contribution is 2.39. The van der Waals surface area contributed by atoms with Crippen LogP contribution < -0.4 is 0 Å². The summed E-state index contributed by atoms with van der Waals surface area (Å²) in [6, 6.07) is 0. The van der Waals surface area contributed by atoms with Crippen LogP contribution in [0.2, 0.25) is 0 Å². The summed E-state index contributed by atoms with van der Waals surface area (Å²) in [7, 11) is 0. The summed E-state index contributed by atoms with van der Waals surface area (Å²) < 4.78 is 0. The quantitative estimate of drug-likeness (QED) is 0.730. The van der Waals surface area contributed by atoms with Crippen molar-refractivity contribution in [3.8, 4) is 0 Å². The lowest BCUT2D eigenvalue weighted by atomic mass is 9.74. The second-order valence-electron chi connectivity index (χ2n) is 6.74. The molecule has 1 aliphatic carbocycles. The Hall–Kier alpha value is -1.51. The largest absolute Gasteiger partial charge is 0.295 e. The number of rotatable bonds is 5. The zero-order chi connectivity index (χ0) is 17.0. The predicted octanol–water partition coefficient (Wildman–Crippen LogP) is 4.82. The molecule has 1 atom stereocenters. The Morgan fingerprint density at radius 1 is 1.04 bits per heavy atom. The molecule has 1 unspecified atom stereocenters. The predicted molar refractivity (Wildman–Crippen MR) is 94.6 cm³/mol. The van der Waals surface area contributed by atoms with E-state index < -0.39 is 0 Å². The summed E-state index contributed by atoms with van der Waals surface area (Å²) in [5.74, 6) is 0.684. The van der Waals surface area contributed by atoms with E-state index in [1.165, 1.54) is 19.3 Å². The van der Waals surface area contributed by atoms with Gasteiger partial charge in [0.1, 0.15) is 0 Å². The number of allylic oxidation sites excluding steroid dienone is 4. The Morgan fingerprint density at radius 2 is 1.70 bits per heavy atom. The first kappa shape index (κ1) is 17.8. The third-order valence-electron chi connectivity index (χ3n) is 5.16. The van der Waals surface area contributed by atoms with Gasteiger partial charge in [0.25, 0.3) is 0 Å². The minimum absolute atomic E-state index is 0.0504. The molecular formula is C20H29NO2. The maximum atomic E-state index is 12.4. The van der Waals surface area contributed by atoms with Crippen LogP contribution in [0.3, 0.4) is 0 Å². The molecular weight excluding hydrogens is 286 g/mol. The van der Waals surface area contributed by atoms with E-state index in [1.807, 2.05) is 13.8 Å². The topological polar surface area (TPSA) is 46.5 Å². The average molecular weight is 315 g/mol. The molecule has 0 saturated heterocycles. The first-order valence-corrected chi connectivity index (χ1v) is 9.04. The lowest BCUT2D eigenvalue weighted by Gasteiger charge is -2.30. The van der Waals surface area contributed by atoms with Gasteiger partial charge in [-0.15, -0.1) is 0 Å². The maximum absolute atomic E-state index is 12.4. The van der Waals surface area contributed by atoms with Crippen molar-refractivity contribution in [3.05, 3.63) is 22.9 Å².